The zero-order valence-corrected chi connectivity index (χ0v) is 28.6. The zero-order valence-electron chi connectivity index (χ0n) is 27.7. The van der Waals surface area contributed by atoms with Crippen molar-refractivity contribution in [3.8, 4) is 12.3 Å². The molecule has 0 saturated carbocycles. The zero-order chi connectivity index (χ0) is 36.1. The molecule has 2 amide bonds. The van der Waals surface area contributed by atoms with Gasteiger partial charge in [-0.25, -0.2) is 41.3 Å². The van der Waals surface area contributed by atoms with E-state index in [-0.39, 0.29) is 22.9 Å². The number of carbonyl (C=O) groups excluding carboxylic acids is 3. The number of terminal acetylenes is 1. The van der Waals surface area contributed by atoms with E-state index in [1.165, 1.54) is 26.0 Å². The van der Waals surface area contributed by atoms with Gasteiger partial charge in [-0.15, -0.1) is 6.42 Å². The number of aromatic nitrogens is 2. The summed E-state index contributed by atoms with van der Waals surface area (Å²) in [6.45, 7) is 11.6. The number of aliphatic imine (C=N–C) groups is 1. The van der Waals surface area contributed by atoms with Crippen LogP contribution >= 0.6 is 0 Å². The second kappa shape index (κ2) is 12.2. The summed E-state index contributed by atoms with van der Waals surface area (Å²) in [7, 11) is -3.85. The molecule has 0 radical (unpaired) electrons. The Morgan fingerprint density at radius 3 is 2.23 bits per heavy atom. The maximum atomic E-state index is 15.7. The van der Waals surface area contributed by atoms with E-state index >= 15 is 4.39 Å². The number of hydrogen-bond acceptors (Lipinski definition) is 10. The largest absolute Gasteiger partial charge is 0.456 e. The van der Waals surface area contributed by atoms with Crippen LogP contribution in [0.3, 0.4) is 0 Å². The summed E-state index contributed by atoms with van der Waals surface area (Å²) in [6.07, 6.45) is 4.98. The van der Waals surface area contributed by atoms with Crippen LogP contribution in [-0.4, -0.2) is 71.6 Å². The molecule has 4 rings (SSSR count). The minimum Gasteiger partial charge on any atom is -0.456 e. The van der Waals surface area contributed by atoms with Crippen LogP contribution in [0.1, 0.15) is 88.4 Å². The van der Waals surface area contributed by atoms with Crippen molar-refractivity contribution >= 4 is 39.4 Å². The fraction of sp³-hybridized carbons (Fsp3) is 0.500. The van der Waals surface area contributed by atoms with Crippen LogP contribution in [-0.2, 0) is 24.7 Å². The lowest BCUT2D eigenvalue weighted by Crippen LogP contribution is -2.64. The molecule has 2 aromatic heterocycles. The number of alkyl halides is 2. The van der Waals surface area contributed by atoms with E-state index in [0.29, 0.717) is 0 Å². The first-order chi connectivity index (χ1) is 21.9. The van der Waals surface area contributed by atoms with E-state index < -0.39 is 84.8 Å². The molecule has 2 aliphatic rings. The Labute approximate surface area is 276 Å². The summed E-state index contributed by atoms with van der Waals surface area (Å²) in [5.41, 5.74) is -4.97. The molecule has 0 saturated heterocycles. The van der Waals surface area contributed by atoms with Gasteiger partial charge in [-0.3, -0.25) is 15.1 Å². The molecular weight excluding hydrogens is 653 g/mol. The lowest BCUT2D eigenvalue weighted by molar-refractivity contribution is -0.00537. The first kappa shape index (κ1) is 36.3. The van der Waals surface area contributed by atoms with Crippen LogP contribution in [0.15, 0.2) is 39.8 Å². The van der Waals surface area contributed by atoms with Gasteiger partial charge in [-0.05, 0) is 79.7 Å². The molecule has 258 valence electrons. The van der Waals surface area contributed by atoms with Crippen molar-refractivity contribution in [1.29, 1.82) is 0 Å². The fourth-order valence-corrected chi connectivity index (χ4v) is 8.20. The van der Waals surface area contributed by atoms with Crippen LogP contribution in [0.5, 0.6) is 0 Å². The molecular formula is C32H37F3N6O6S. The predicted molar refractivity (Wildman–Crippen MR) is 172 cm³/mol. The Bertz CT molecular complexity index is 1850. The molecule has 16 heteroatoms. The van der Waals surface area contributed by atoms with Crippen LogP contribution in [0, 0.1) is 18.2 Å². The van der Waals surface area contributed by atoms with Crippen molar-refractivity contribution in [1.82, 2.24) is 15.3 Å². The number of pyridine rings is 2. The molecule has 0 aliphatic carbocycles. The van der Waals surface area contributed by atoms with Crippen molar-refractivity contribution in [3.05, 3.63) is 53.2 Å². The second-order valence-corrected chi connectivity index (χ2v) is 16.8. The number of ether oxygens (including phenoxy) is 2. The van der Waals surface area contributed by atoms with Gasteiger partial charge in [0.05, 0.1) is 20.5 Å². The molecule has 4 heterocycles. The number of fused-ring (bicyclic) bond motifs is 1. The molecule has 0 aromatic carbocycles. The highest BCUT2D eigenvalue weighted by Crippen LogP contribution is 2.50. The molecule has 3 atom stereocenters. The molecule has 0 fully saturated rings. The highest BCUT2D eigenvalue weighted by atomic mass is 32.2. The Kier molecular flexibility index (Phi) is 9.21. The van der Waals surface area contributed by atoms with E-state index in [4.69, 9.17) is 15.9 Å². The Morgan fingerprint density at radius 1 is 1.02 bits per heavy atom. The molecule has 2 N–H and O–H groups in total. The minimum absolute atomic E-state index is 0.0896. The Morgan fingerprint density at radius 2 is 1.67 bits per heavy atom. The molecule has 0 bridgehead atoms. The van der Waals surface area contributed by atoms with E-state index in [1.807, 2.05) is 0 Å². The van der Waals surface area contributed by atoms with Gasteiger partial charge in [0, 0.05) is 12.6 Å². The summed E-state index contributed by atoms with van der Waals surface area (Å²) in [6, 6.07) is 4.55. The average Bonchev–Trinajstić information content (AvgIpc) is 2.95. The molecule has 0 spiro atoms. The highest BCUT2D eigenvalue weighted by Gasteiger charge is 2.63. The standard InChI is InChI=1S/C32H37F3N6O6S/c1-10-32(21-15-31(34,35)17-37-48(21,45)30(8,9)26(41-32)40-27(44)47-29(5,6)7)23-19(33)12-14-22(38-23)39-24(42)20-13-11-18(16-36-20)25(43)46-28(2,3)4/h1,11-14,16,21H,15,17H2,2-9H3,(H,38,39,42)(H,40,41,44)/t21?,32-,48?/m0/s1. The Balaban J connectivity index is 1.79. The summed E-state index contributed by atoms with van der Waals surface area (Å²) in [5, 5.41) is 3.08. The SMILES string of the molecule is C#C[C@]1(c2nc(NC(=O)c3ccc(C(=O)OC(C)(C)C)cn3)ccc2F)N=C(NC(=O)OC(C)(C)C)C(C)(C)S2(=O)=NCC(F)(F)CC12. The van der Waals surface area contributed by atoms with Gasteiger partial charge in [0.2, 0.25) is 0 Å². The molecule has 48 heavy (non-hydrogen) atoms. The van der Waals surface area contributed by atoms with Crippen molar-refractivity contribution in [3.63, 3.8) is 0 Å². The summed E-state index contributed by atoms with van der Waals surface area (Å²) in [4.78, 5) is 50.8. The summed E-state index contributed by atoms with van der Waals surface area (Å²) < 4.78 is 73.2. The first-order valence-corrected chi connectivity index (χ1v) is 16.4. The van der Waals surface area contributed by atoms with Crippen molar-refractivity contribution in [2.45, 2.75) is 94.5 Å². The molecule has 2 unspecified atom stereocenters. The monoisotopic (exact) mass is 690 g/mol. The smallest absolute Gasteiger partial charge is 0.413 e. The lowest BCUT2D eigenvalue weighted by atomic mass is 9.86. The lowest BCUT2D eigenvalue weighted by Gasteiger charge is -2.48. The number of esters is 1. The van der Waals surface area contributed by atoms with Gasteiger partial charge >= 0.3 is 12.1 Å². The van der Waals surface area contributed by atoms with Gasteiger partial charge < -0.3 is 14.8 Å². The third-order valence-electron chi connectivity index (χ3n) is 7.33. The second-order valence-electron chi connectivity index (χ2n) is 13.8. The van der Waals surface area contributed by atoms with Gasteiger partial charge in [-0.2, -0.15) is 0 Å². The first-order valence-electron chi connectivity index (χ1n) is 14.8. The number of rotatable bonds is 4. The van der Waals surface area contributed by atoms with Crippen LogP contribution < -0.4 is 10.6 Å². The predicted octanol–water partition coefficient (Wildman–Crippen LogP) is 5.24. The van der Waals surface area contributed by atoms with Crippen LogP contribution in [0.25, 0.3) is 0 Å². The summed E-state index contributed by atoms with van der Waals surface area (Å²) >= 11 is 0. The van der Waals surface area contributed by atoms with Gasteiger partial charge in [-0.1, -0.05) is 5.92 Å². The number of nitrogens with zero attached hydrogens (tertiary/aromatic N) is 4. The average molecular weight is 691 g/mol. The number of carbonyl (C=O) groups is 3. The van der Waals surface area contributed by atoms with Crippen LogP contribution in [0.2, 0.25) is 0 Å². The van der Waals surface area contributed by atoms with Crippen molar-refractivity contribution < 1.29 is 41.2 Å². The quantitative estimate of drug-likeness (QED) is 0.325. The number of amidine groups is 1. The number of nitrogens with one attached hydrogen (secondary N) is 2. The van der Waals surface area contributed by atoms with E-state index in [2.05, 4.69) is 35.9 Å². The third kappa shape index (κ3) is 7.15. The molecule has 12 nitrogen and oxygen atoms in total. The van der Waals surface area contributed by atoms with Gasteiger partial charge in [0.25, 0.3) is 11.8 Å². The van der Waals surface area contributed by atoms with Gasteiger partial charge in [0.1, 0.15) is 51.4 Å². The third-order valence-corrected chi connectivity index (χ3v) is 10.8. The minimum atomic E-state index is -3.85. The van der Waals surface area contributed by atoms with Gasteiger partial charge in [0.15, 0.2) is 5.54 Å². The van der Waals surface area contributed by atoms with E-state index in [1.54, 1.807) is 41.5 Å². The highest BCUT2D eigenvalue weighted by molar-refractivity contribution is 7.96. The maximum absolute atomic E-state index is 15.7. The van der Waals surface area contributed by atoms with Crippen LogP contribution in [0.4, 0.5) is 23.8 Å². The summed E-state index contributed by atoms with van der Waals surface area (Å²) in [5.74, 6) is -4.44. The molecule has 2 aromatic rings. The van der Waals surface area contributed by atoms with E-state index in [0.717, 1.165) is 18.3 Å². The van der Waals surface area contributed by atoms with E-state index in [9.17, 15) is 27.4 Å². The Hall–Kier alpha value is -4.52. The number of amides is 2. The maximum Gasteiger partial charge on any atom is 0.413 e. The number of halogens is 3. The fourth-order valence-electron chi connectivity index (χ4n) is 5.07. The number of hydrogen-bond donors (Lipinski definition) is 2. The van der Waals surface area contributed by atoms with Crippen molar-refractivity contribution in [2.75, 3.05) is 11.9 Å². The number of anilines is 1. The topological polar surface area (TPSA) is 161 Å². The number of alkyl carbamates (subject to hydrolysis) is 1. The molecule has 2 aliphatic heterocycles. The normalized spacial score (nSPS) is 24.5. The van der Waals surface area contributed by atoms with Crippen molar-refractivity contribution in [2.24, 2.45) is 9.36 Å².